The molecule has 0 atom stereocenters. The first kappa shape index (κ1) is 35.6. The van der Waals surface area contributed by atoms with Gasteiger partial charge in [-0.2, -0.15) is 0 Å². The zero-order chi connectivity index (χ0) is 28.3. The minimum Gasteiger partial charge on any atom is -0.399 e. The lowest BCUT2D eigenvalue weighted by molar-refractivity contribution is 0.0508. The highest BCUT2D eigenvalue weighted by atomic mass is 35.6. The van der Waals surface area contributed by atoms with E-state index in [-0.39, 0.29) is 0 Å². The molecule has 0 radical (unpaired) electrons. The summed E-state index contributed by atoms with van der Waals surface area (Å²) in [5.74, 6) is 11.8. The smallest absolute Gasteiger partial charge is 0.399 e. The summed E-state index contributed by atoms with van der Waals surface area (Å²) < 4.78 is 5.42. The van der Waals surface area contributed by atoms with Crippen molar-refractivity contribution in [1.29, 1.82) is 0 Å². The van der Waals surface area contributed by atoms with Crippen molar-refractivity contribution in [3.05, 3.63) is 65.2 Å². The zero-order valence-corrected chi connectivity index (χ0v) is 25.5. The first-order valence-electron chi connectivity index (χ1n) is 10.3. The van der Waals surface area contributed by atoms with Crippen molar-refractivity contribution in [3.63, 3.8) is 0 Å². The Hall–Kier alpha value is -1.41. The summed E-state index contributed by atoms with van der Waals surface area (Å²) in [6.45, 7) is 2.23. The van der Waals surface area contributed by atoms with Crippen molar-refractivity contribution in [2.24, 2.45) is 0 Å². The van der Waals surface area contributed by atoms with Crippen LogP contribution in [0.3, 0.4) is 0 Å². The van der Waals surface area contributed by atoms with Gasteiger partial charge in [0.2, 0.25) is 0 Å². The molecular formula is C25H21Cl6NO3S2. The number of nitrogens with two attached hydrogens (primary N) is 1. The van der Waals surface area contributed by atoms with Crippen LogP contribution >= 0.6 is 94.0 Å². The number of hydrogen-bond donors (Lipinski definition) is 1. The molecule has 12 heteroatoms. The standard InChI is InChI=1S/C21H21N.C3Cl6O3.CS2/c1-2-3-4-7-18-10-12-19(13-11-18)8-5-6-9-20-14-16-21(22)17-15-20;4-2(5,6)11-1(10)12-3(7,8)9;2-1-3/h10-17H,2-4,7,22H2,1H3;;. The average Bonchev–Trinajstić information content (AvgIpc) is 2.77. The molecule has 0 aromatic heterocycles. The Bertz CT molecular complexity index is 1100. The molecule has 2 aromatic carbocycles. The monoisotopic (exact) mass is 657 g/mol. The molecule has 0 fully saturated rings. The molecule has 198 valence electrons. The van der Waals surface area contributed by atoms with Crippen LogP contribution in [0.25, 0.3) is 0 Å². The zero-order valence-electron chi connectivity index (χ0n) is 19.3. The molecule has 2 aromatic rings. The quantitative estimate of drug-likeness (QED) is 0.0882. The Balaban J connectivity index is 0.000000732. The number of rotatable bonds is 4. The van der Waals surface area contributed by atoms with Gasteiger partial charge in [-0.3, -0.25) is 0 Å². The molecule has 0 bridgehead atoms. The van der Waals surface area contributed by atoms with E-state index < -0.39 is 14.1 Å². The van der Waals surface area contributed by atoms with Crippen molar-refractivity contribution in [3.8, 4) is 23.7 Å². The topological polar surface area (TPSA) is 61.6 Å². The van der Waals surface area contributed by atoms with Crippen LogP contribution in [0.4, 0.5) is 10.5 Å². The number of carbonyl (C=O) groups excluding carboxylic acids is 1. The summed E-state index contributed by atoms with van der Waals surface area (Å²) in [5.41, 5.74) is 9.69. The van der Waals surface area contributed by atoms with E-state index in [0.717, 1.165) is 23.2 Å². The third-order valence-corrected chi connectivity index (χ3v) is 4.27. The fourth-order valence-corrected chi connectivity index (χ4v) is 2.69. The van der Waals surface area contributed by atoms with Gasteiger partial charge in [0.1, 0.15) is 0 Å². The molecule has 0 heterocycles. The maximum absolute atomic E-state index is 10.5. The summed E-state index contributed by atoms with van der Waals surface area (Å²) in [6.07, 6.45) is 3.56. The molecule has 4 nitrogen and oxygen atoms in total. The number of halogens is 6. The largest absolute Gasteiger partial charge is 0.515 e. The summed E-state index contributed by atoms with van der Waals surface area (Å²) in [5, 5.41) is 0. The predicted molar refractivity (Wildman–Crippen MR) is 163 cm³/mol. The fourth-order valence-electron chi connectivity index (χ4n) is 2.32. The number of ether oxygens (including phenoxy) is 2. The van der Waals surface area contributed by atoms with Crippen molar-refractivity contribution in [2.45, 2.75) is 40.6 Å². The van der Waals surface area contributed by atoms with Crippen molar-refractivity contribution in [1.82, 2.24) is 0 Å². The third kappa shape index (κ3) is 22.3. The molecule has 0 saturated carbocycles. The molecule has 2 N–H and O–H groups in total. The van der Waals surface area contributed by atoms with E-state index in [2.05, 4.69) is 88.8 Å². The summed E-state index contributed by atoms with van der Waals surface area (Å²) in [7, 11) is 0. The number of anilines is 1. The second kappa shape index (κ2) is 19.6. The lowest BCUT2D eigenvalue weighted by Crippen LogP contribution is -2.22. The minimum atomic E-state index is -2.24. The van der Waals surface area contributed by atoms with Gasteiger partial charge in [-0.1, -0.05) is 43.7 Å². The van der Waals surface area contributed by atoms with Crippen LogP contribution in [0, 0.1) is 23.7 Å². The Morgan fingerprint density at radius 1 is 0.811 bits per heavy atom. The van der Waals surface area contributed by atoms with Crippen molar-refractivity contribution >= 4 is 110 Å². The SMILES string of the molecule is CCCCCc1ccc(C#CC#Cc2ccc(N)cc2)cc1.O=C(OC(Cl)(Cl)Cl)OC(Cl)(Cl)Cl.S=C=S. The number of carbonyl (C=O) groups is 1. The maximum Gasteiger partial charge on any atom is 0.515 e. The van der Waals surface area contributed by atoms with Crippen LogP contribution in [-0.2, 0) is 15.9 Å². The molecule has 0 spiro atoms. The average molecular weight is 660 g/mol. The molecule has 37 heavy (non-hydrogen) atoms. The molecule has 0 aliphatic heterocycles. The van der Waals surface area contributed by atoms with Gasteiger partial charge < -0.3 is 15.2 Å². The van der Waals surface area contributed by atoms with E-state index in [0.29, 0.717) is 0 Å². The number of nitrogen functional groups attached to an aromatic ring is 1. The first-order chi connectivity index (χ1) is 17.3. The molecule has 0 aliphatic carbocycles. The highest BCUT2D eigenvalue weighted by molar-refractivity contribution is 7.93. The number of unbranched alkanes of at least 4 members (excludes halogenated alkanes) is 2. The molecule has 0 amide bonds. The van der Waals surface area contributed by atoms with Crippen LogP contribution in [0.15, 0.2) is 48.5 Å². The van der Waals surface area contributed by atoms with E-state index in [1.807, 2.05) is 28.6 Å². The lowest BCUT2D eigenvalue weighted by atomic mass is 10.1. The summed E-state index contributed by atoms with van der Waals surface area (Å²) >= 11 is 38.1. The van der Waals surface area contributed by atoms with Gasteiger partial charge >= 0.3 is 14.1 Å². The second-order valence-corrected chi connectivity index (χ2v) is 11.7. The van der Waals surface area contributed by atoms with E-state index in [1.54, 1.807) is 0 Å². The first-order valence-corrected chi connectivity index (χ1v) is 13.4. The van der Waals surface area contributed by atoms with E-state index in [4.69, 9.17) is 75.3 Å². The lowest BCUT2D eigenvalue weighted by Gasteiger charge is -2.15. The van der Waals surface area contributed by atoms with Crippen LogP contribution < -0.4 is 5.73 Å². The van der Waals surface area contributed by atoms with Gasteiger partial charge in [0.15, 0.2) is 0 Å². The second-order valence-electron chi connectivity index (χ2n) is 6.70. The van der Waals surface area contributed by atoms with Gasteiger partial charge in [0, 0.05) is 21.1 Å². The van der Waals surface area contributed by atoms with Crippen LogP contribution in [-0.4, -0.2) is 18.4 Å². The van der Waals surface area contributed by atoms with Crippen LogP contribution in [0.1, 0.15) is 42.9 Å². The van der Waals surface area contributed by atoms with Gasteiger partial charge in [-0.15, -0.1) is 0 Å². The fraction of sp³-hybridized carbons (Fsp3) is 0.280. The van der Waals surface area contributed by atoms with Crippen molar-refractivity contribution in [2.75, 3.05) is 5.73 Å². The van der Waals surface area contributed by atoms with Gasteiger partial charge in [-0.05, 0) is 161 Å². The van der Waals surface area contributed by atoms with Gasteiger partial charge in [0.05, 0.1) is 0 Å². The molecule has 2 rings (SSSR count). The highest BCUT2D eigenvalue weighted by Crippen LogP contribution is 2.32. The molecule has 0 saturated heterocycles. The minimum absolute atomic E-state index is 0.746. The Kier molecular flexibility index (Phi) is 18.9. The molecular weight excluding hydrogens is 639 g/mol. The number of benzene rings is 2. The number of aryl methyl sites for hydroxylation is 1. The Morgan fingerprint density at radius 3 is 1.59 bits per heavy atom. The van der Waals surface area contributed by atoms with Crippen molar-refractivity contribution < 1.29 is 14.3 Å². The van der Waals surface area contributed by atoms with Gasteiger partial charge in [0.25, 0.3) is 0 Å². The van der Waals surface area contributed by atoms with Gasteiger partial charge in [-0.25, -0.2) is 4.79 Å². The van der Waals surface area contributed by atoms with E-state index >= 15 is 0 Å². The Morgan fingerprint density at radius 2 is 1.22 bits per heavy atom. The van der Waals surface area contributed by atoms with Crippen LogP contribution in [0.5, 0.6) is 0 Å². The number of hydrogen-bond acceptors (Lipinski definition) is 6. The van der Waals surface area contributed by atoms with Crippen LogP contribution in [0.2, 0.25) is 0 Å². The normalized spacial score (nSPS) is 9.81. The third-order valence-electron chi connectivity index (χ3n) is 3.81. The highest BCUT2D eigenvalue weighted by Gasteiger charge is 2.32. The molecule has 0 aliphatic rings. The summed E-state index contributed by atoms with van der Waals surface area (Å²) in [4.78, 5) is 10.5. The van der Waals surface area contributed by atoms with E-state index in [1.165, 1.54) is 24.8 Å². The Labute approximate surface area is 258 Å². The summed E-state index contributed by atoms with van der Waals surface area (Å²) in [6, 6.07) is 15.9. The molecule has 0 unspecified atom stereocenters. The number of alkyl halides is 6. The maximum atomic E-state index is 10.5. The number of thiocarbonyl (C=S) groups is 2. The van der Waals surface area contributed by atoms with E-state index in [9.17, 15) is 4.79 Å². The predicted octanol–water partition coefficient (Wildman–Crippen LogP) is 9.22.